The lowest BCUT2D eigenvalue weighted by atomic mass is 10.2. The van der Waals surface area contributed by atoms with E-state index in [1.165, 1.54) is 4.57 Å². The van der Waals surface area contributed by atoms with Crippen LogP contribution in [0.4, 0.5) is 4.79 Å². The summed E-state index contributed by atoms with van der Waals surface area (Å²) in [5.74, 6) is -0.447. The third-order valence-electron chi connectivity index (χ3n) is 3.44. The van der Waals surface area contributed by atoms with Crippen molar-refractivity contribution >= 4 is 23.7 Å². The topological polar surface area (TPSA) is 118 Å². The molecule has 2 rings (SSSR count). The molecule has 10 heteroatoms. The number of carbonyl (C=O) groups is 2. The van der Waals surface area contributed by atoms with Gasteiger partial charge in [-0.15, -0.1) is 5.10 Å². The normalized spacial score (nSPS) is 18.6. The van der Waals surface area contributed by atoms with Crippen LogP contribution in [-0.2, 0) is 16.1 Å². The Labute approximate surface area is 143 Å². The molecule has 3 N–H and O–H groups in total. The van der Waals surface area contributed by atoms with Gasteiger partial charge in [0, 0.05) is 12.6 Å². The van der Waals surface area contributed by atoms with Crippen LogP contribution in [0, 0.1) is 0 Å². The van der Waals surface area contributed by atoms with Gasteiger partial charge in [0.25, 0.3) is 0 Å². The minimum Gasteiger partial charge on any atom is -0.376 e. The summed E-state index contributed by atoms with van der Waals surface area (Å²) in [4.78, 5) is 35.5. The van der Waals surface area contributed by atoms with E-state index in [2.05, 4.69) is 20.8 Å². The zero-order valence-electron chi connectivity index (χ0n) is 14.0. The first-order valence-electron chi connectivity index (χ1n) is 7.91. The van der Waals surface area contributed by atoms with E-state index in [1.807, 2.05) is 0 Å². The second-order valence-corrected chi connectivity index (χ2v) is 7.24. The molecule has 2 heterocycles. The Bertz CT molecular complexity index is 635. The number of ether oxygens (including phenoxy) is 1. The van der Waals surface area contributed by atoms with Crippen LogP contribution in [-0.4, -0.2) is 50.7 Å². The molecule has 1 aliphatic rings. The molecule has 0 radical (unpaired) electrons. The standard InChI is InChI=1S/C14H23N5O4S/c1-8(2)15-12(21)16-11(20)9(3)24-14-18-17-13(22)19(14)7-10-5-4-6-23-10/h8-10H,4-7H2,1-3H3,(H,17,22)(H2,15,16,20,21)/t9-,10+/m0/s1. The number of aromatic amines is 1. The van der Waals surface area contributed by atoms with Gasteiger partial charge in [-0.3, -0.25) is 14.7 Å². The molecule has 1 saturated heterocycles. The Balaban J connectivity index is 1.95. The second kappa shape index (κ2) is 8.34. The summed E-state index contributed by atoms with van der Waals surface area (Å²) in [6, 6.07) is -0.607. The van der Waals surface area contributed by atoms with Gasteiger partial charge in [0.1, 0.15) is 0 Å². The first kappa shape index (κ1) is 18.5. The summed E-state index contributed by atoms with van der Waals surface area (Å²) < 4.78 is 7.01. The maximum atomic E-state index is 12.1. The average Bonchev–Trinajstić information content (AvgIpc) is 3.11. The van der Waals surface area contributed by atoms with Gasteiger partial charge in [-0.1, -0.05) is 11.8 Å². The lowest BCUT2D eigenvalue weighted by Gasteiger charge is -2.14. The Morgan fingerprint density at radius 1 is 1.46 bits per heavy atom. The summed E-state index contributed by atoms with van der Waals surface area (Å²) >= 11 is 1.12. The number of H-pyrrole nitrogens is 1. The fraction of sp³-hybridized carbons (Fsp3) is 0.714. The highest BCUT2D eigenvalue weighted by atomic mass is 32.2. The molecule has 0 unspecified atom stereocenters. The minimum absolute atomic E-state index is 0.0133. The molecule has 24 heavy (non-hydrogen) atoms. The van der Waals surface area contributed by atoms with Gasteiger partial charge in [-0.05, 0) is 33.6 Å². The van der Waals surface area contributed by atoms with Crippen LogP contribution in [0.3, 0.4) is 0 Å². The van der Waals surface area contributed by atoms with E-state index in [0.717, 1.165) is 24.6 Å². The van der Waals surface area contributed by atoms with Crippen LogP contribution < -0.4 is 16.3 Å². The van der Waals surface area contributed by atoms with Crippen molar-refractivity contribution in [3.8, 4) is 0 Å². The average molecular weight is 357 g/mol. The molecule has 0 aliphatic carbocycles. The summed E-state index contributed by atoms with van der Waals surface area (Å²) in [6.07, 6.45) is 1.86. The molecule has 1 fully saturated rings. The number of imide groups is 1. The number of urea groups is 1. The molecule has 2 atom stereocenters. The van der Waals surface area contributed by atoms with Gasteiger partial charge < -0.3 is 10.1 Å². The van der Waals surface area contributed by atoms with Crippen LogP contribution in [0.15, 0.2) is 9.95 Å². The van der Waals surface area contributed by atoms with Crippen molar-refractivity contribution in [2.75, 3.05) is 6.61 Å². The summed E-state index contributed by atoms with van der Waals surface area (Å²) in [7, 11) is 0. The number of nitrogens with zero attached hydrogens (tertiary/aromatic N) is 2. The molecular formula is C14H23N5O4S. The third kappa shape index (κ3) is 5.10. The van der Waals surface area contributed by atoms with E-state index >= 15 is 0 Å². The Kier molecular flexibility index (Phi) is 6.44. The van der Waals surface area contributed by atoms with Crippen molar-refractivity contribution in [2.45, 2.75) is 62.7 Å². The number of hydrogen-bond donors (Lipinski definition) is 3. The third-order valence-corrected chi connectivity index (χ3v) is 4.53. The van der Waals surface area contributed by atoms with Crippen molar-refractivity contribution < 1.29 is 14.3 Å². The predicted molar refractivity (Wildman–Crippen MR) is 89.0 cm³/mol. The van der Waals surface area contributed by atoms with Crippen molar-refractivity contribution in [2.24, 2.45) is 0 Å². The Hall–Kier alpha value is -1.81. The van der Waals surface area contributed by atoms with E-state index in [9.17, 15) is 14.4 Å². The van der Waals surface area contributed by atoms with Crippen LogP contribution in [0.1, 0.15) is 33.6 Å². The minimum atomic E-state index is -0.582. The number of nitrogens with one attached hydrogen (secondary N) is 3. The van der Waals surface area contributed by atoms with E-state index in [0.29, 0.717) is 18.3 Å². The largest absolute Gasteiger partial charge is 0.376 e. The Morgan fingerprint density at radius 2 is 2.21 bits per heavy atom. The zero-order valence-corrected chi connectivity index (χ0v) is 14.8. The van der Waals surface area contributed by atoms with Gasteiger partial charge in [0.2, 0.25) is 5.91 Å². The lowest BCUT2D eigenvalue weighted by molar-refractivity contribution is -0.119. The SMILES string of the molecule is CC(C)NC(=O)NC(=O)[C@H](C)Sc1n[nH]c(=O)n1C[C@H]1CCCO1. The monoisotopic (exact) mass is 357 g/mol. The Morgan fingerprint density at radius 3 is 2.83 bits per heavy atom. The van der Waals surface area contributed by atoms with E-state index in [1.54, 1.807) is 20.8 Å². The van der Waals surface area contributed by atoms with Crippen LogP contribution in [0.5, 0.6) is 0 Å². The highest BCUT2D eigenvalue weighted by molar-refractivity contribution is 8.00. The first-order valence-corrected chi connectivity index (χ1v) is 8.79. The first-order chi connectivity index (χ1) is 11.4. The number of carbonyl (C=O) groups excluding carboxylic acids is 2. The van der Waals surface area contributed by atoms with E-state index in [4.69, 9.17) is 4.74 Å². The zero-order chi connectivity index (χ0) is 17.7. The van der Waals surface area contributed by atoms with Crippen LogP contribution in [0.25, 0.3) is 0 Å². The molecule has 1 aromatic rings. The highest BCUT2D eigenvalue weighted by Gasteiger charge is 2.23. The van der Waals surface area contributed by atoms with Gasteiger partial charge >= 0.3 is 11.7 Å². The highest BCUT2D eigenvalue weighted by Crippen LogP contribution is 2.21. The van der Waals surface area contributed by atoms with Crippen molar-refractivity contribution in [1.82, 2.24) is 25.4 Å². The second-order valence-electron chi connectivity index (χ2n) is 5.93. The van der Waals surface area contributed by atoms with Gasteiger partial charge in [-0.25, -0.2) is 14.7 Å². The molecule has 0 spiro atoms. The lowest BCUT2D eigenvalue weighted by Crippen LogP contribution is -2.45. The van der Waals surface area contributed by atoms with Crippen LogP contribution >= 0.6 is 11.8 Å². The van der Waals surface area contributed by atoms with Crippen molar-refractivity contribution in [3.63, 3.8) is 0 Å². The molecule has 1 aromatic heterocycles. The van der Waals surface area contributed by atoms with E-state index in [-0.39, 0.29) is 17.8 Å². The van der Waals surface area contributed by atoms with Crippen molar-refractivity contribution in [1.29, 1.82) is 0 Å². The fourth-order valence-corrected chi connectivity index (χ4v) is 3.13. The molecule has 3 amide bonds. The fourth-order valence-electron chi connectivity index (χ4n) is 2.27. The number of aromatic nitrogens is 3. The molecular weight excluding hydrogens is 334 g/mol. The number of thioether (sulfide) groups is 1. The molecule has 134 valence electrons. The van der Waals surface area contributed by atoms with Gasteiger partial charge in [-0.2, -0.15) is 0 Å². The quantitative estimate of drug-likeness (QED) is 0.637. The smallest absolute Gasteiger partial charge is 0.344 e. The molecule has 0 aromatic carbocycles. The number of rotatable bonds is 6. The number of hydrogen-bond acceptors (Lipinski definition) is 6. The van der Waals surface area contributed by atoms with Crippen LogP contribution in [0.2, 0.25) is 0 Å². The summed E-state index contributed by atoms with van der Waals surface area (Å²) in [5.41, 5.74) is -0.335. The van der Waals surface area contributed by atoms with Gasteiger partial charge in [0.05, 0.1) is 17.9 Å². The van der Waals surface area contributed by atoms with Crippen molar-refractivity contribution in [3.05, 3.63) is 10.5 Å². The van der Waals surface area contributed by atoms with E-state index < -0.39 is 17.2 Å². The summed E-state index contributed by atoms with van der Waals surface area (Å²) in [6.45, 7) is 6.35. The molecule has 1 aliphatic heterocycles. The maximum Gasteiger partial charge on any atom is 0.344 e. The predicted octanol–water partition coefficient (Wildman–Crippen LogP) is 0.465. The molecule has 0 saturated carbocycles. The van der Waals surface area contributed by atoms with Gasteiger partial charge in [0.15, 0.2) is 5.16 Å². The maximum absolute atomic E-state index is 12.1. The molecule has 9 nitrogen and oxygen atoms in total. The number of amides is 3. The summed E-state index contributed by atoms with van der Waals surface area (Å²) in [5, 5.41) is 11.0. The molecule has 0 bridgehead atoms.